The summed E-state index contributed by atoms with van der Waals surface area (Å²) in [4.78, 5) is 4.54. The summed E-state index contributed by atoms with van der Waals surface area (Å²) in [5, 5.41) is 9.14. The van der Waals surface area contributed by atoms with Crippen molar-refractivity contribution in [3.05, 3.63) is 53.3 Å². The standard InChI is InChI=1S/C16H12FN3/c1-10-8-11(6-7-13(10)17)16-19-15-12(9-18)4-3-5-14(15)20(16)2/h3-8H,1-2H3. The zero-order chi connectivity index (χ0) is 14.3. The highest BCUT2D eigenvalue weighted by molar-refractivity contribution is 5.85. The Hall–Kier alpha value is -2.67. The van der Waals surface area contributed by atoms with Crippen LogP contribution < -0.4 is 0 Å². The molecule has 0 saturated carbocycles. The van der Waals surface area contributed by atoms with Crippen molar-refractivity contribution in [3.63, 3.8) is 0 Å². The monoisotopic (exact) mass is 265 g/mol. The van der Waals surface area contributed by atoms with Gasteiger partial charge in [-0.25, -0.2) is 9.37 Å². The molecule has 0 radical (unpaired) electrons. The molecule has 0 aliphatic carbocycles. The van der Waals surface area contributed by atoms with Crippen LogP contribution in [0.15, 0.2) is 36.4 Å². The highest BCUT2D eigenvalue weighted by Gasteiger charge is 2.13. The number of aromatic nitrogens is 2. The average Bonchev–Trinajstić information content (AvgIpc) is 2.79. The topological polar surface area (TPSA) is 41.6 Å². The van der Waals surface area contributed by atoms with Crippen molar-refractivity contribution in [1.82, 2.24) is 9.55 Å². The van der Waals surface area contributed by atoms with E-state index in [2.05, 4.69) is 11.1 Å². The Balaban J connectivity index is 2.29. The van der Waals surface area contributed by atoms with Crippen molar-refractivity contribution in [2.75, 3.05) is 0 Å². The largest absolute Gasteiger partial charge is 0.327 e. The first kappa shape index (κ1) is 12.4. The van der Waals surface area contributed by atoms with Gasteiger partial charge in [0, 0.05) is 12.6 Å². The Morgan fingerprint density at radius 3 is 2.75 bits per heavy atom. The Bertz CT molecular complexity index is 856. The highest BCUT2D eigenvalue weighted by Crippen LogP contribution is 2.26. The van der Waals surface area contributed by atoms with Crippen LogP contribution in [-0.4, -0.2) is 9.55 Å². The molecule has 0 atom stereocenters. The molecule has 0 spiro atoms. The maximum atomic E-state index is 13.4. The van der Waals surface area contributed by atoms with Gasteiger partial charge in [-0.1, -0.05) is 6.07 Å². The third-order valence-electron chi connectivity index (χ3n) is 3.45. The second kappa shape index (κ2) is 4.46. The van der Waals surface area contributed by atoms with Crippen molar-refractivity contribution < 1.29 is 4.39 Å². The predicted octanol–water partition coefficient (Wildman–Crippen LogP) is 3.56. The molecule has 2 aromatic carbocycles. The summed E-state index contributed by atoms with van der Waals surface area (Å²) in [7, 11) is 1.89. The molecular formula is C16H12FN3. The van der Waals surface area contributed by atoms with Crippen LogP contribution in [0.5, 0.6) is 0 Å². The van der Waals surface area contributed by atoms with Gasteiger partial charge < -0.3 is 4.57 Å². The Morgan fingerprint density at radius 1 is 1.25 bits per heavy atom. The number of nitriles is 1. The zero-order valence-corrected chi connectivity index (χ0v) is 11.2. The maximum Gasteiger partial charge on any atom is 0.140 e. The molecule has 0 aliphatic heterocycles. The van der Waals surface area contributed by atoms with Crippen LogP contribution in [0.4, 0.5) is 4.39 Å². The number of halogens is 1. The SMILES string of the molecule is Cc1cc(-c2nc3c(C#N)cccc3n2C)ccc1F. The number of fused-ring (bicyclic) bond motifs is 1. The number of rotatable bonds is 1. The van der Waals surface area contributed by atoms with Crippen molar-refractivity contribution in [1.29, 1.82) is 5.26 Å². The van der Waals surface area contributed by atoms with Gasteiger partial charge in [0.25, 0.3) is 0 Å². The van der Waals surface area contributed by atoms with E-state index in [4.69, 9.17) is 5.26 Å². The van der Waals surface area contributed by atoms with Gasteiger partial charge in [-0.05, 0) is 42.8 Å². The number of hydrogen-bond donors (Lipinski definition) is 0. The number of benzene rings is 2. The molecule has 1 aromatic heterocycles. The second-order valence-electron chi connectivity index (χ2n) is 4.74. The first-order chi connectivity index (χ1) is 9.61. The van der Waals surface area contributed by atoms with Crippen LogP contribution in [-0.2, 0) is 7.05 Å². The summed E-state index contributed by atoms with van der Waals surface area (Å²) >= 11 is 0. The molecule has 0 aliphatic rings. The van der Waals surface area contributed by atoms with E-state index in [0.717, 1.165) is 16.9 Å². The molecule has 0 bridgehead atoms. The van der Waals surface area contributed by atoms with Gasteiger partial charge >= 0.3 is 0 Å². The van der Waals surface area contributed by atoms with Gasteiger partial charge in [-0.2, -0.15) is 5.26 Å². The van der Waals surface area contributed by atoms with E-state index in [-0.39, 0.29) is 5.82 Å². The Labute approximate surface area is 115 Å². The molecule has 0 saturated heterocycles. The van der Waals surface area contributed by atoms with Crippen LogP contribution in [0.25, 0.3) is 22.4 Å². The molecule has 3 rings (SSSR count). The smallest absolute Gasteiger partial charge is 0.140 e. The zero-order valence-electron chi connectivity index (χ0n) is 11.2. The number of aryl methyl sites for hydroxylation is 2. The fourth-order valence-electron chi connectivity index (χ4n) is 2.35. The molecular weight excluding hydrogens is 253 g/mol. The van der Waals surface area contributed by atoms with Crippen LogP contribution in [0.2, 0.25) is 0 Å². The van der Waals surface area contributed by atoms with Gasteiger partial charge in [0.1, 0.15) is 23.2 Å². The number of imidazole rings is 1. The normalized spacial score (nSPS) is 10.7. The summed E-state index contributed by atoms with van der Waals surface area (Å²) in [6.45, 7) is 1.72. The van der Waals surface area contributed by atoms with E-state index in [9.17, 15) is 4.39 Å². The van der Waals surface area contributed by atoms with Gasteiger partial charge in [-0.15, -0.1) is 0 Å². The fraction of sp³-hybridized carbons (Fsp3) is 0.125. The minimum Gasteiger partial charge on any atom is -0.327 e. The van der Waals surface area contributed by atoms with Crippen LogP contribution in [0, 0.1) is 24.1 Å². The maximum absolute atomic E-state index is 13.4. The molecule has 0 fully saturated rings. The highest BCUT2D eigenvalue weighted by atomic mass is 19.1. The van der Waals surface area contributed by atoms with E-state index < -0.39 is 0 Å². The number of nitrogens with zero attached hydrogens (tertiary/aromatic N) is 3. The van der Waals surface area contributed by atoms with Gasteiger partial charge in [0.05, 0.1) is 11.1 Å². The molecule has 4 heteroatoms. The van der Waals surface area contributed by atoms with Crippen molar-refractivity contribution >= 4 is 11.0 Å². The van der Waals surface area contributed by atoms with Crippen molar-refractivity contribution in [3.8, 4) is 17.5 Å². The molecule has 98 valence electrons. The first-order valence-electron chi connectivity index (χ1n) is 6.24. The molecule has 3 aromatic rings. The number of hydrogen-bond acceptors (Lipinski definition) is 2. The summed E-state index contributed by atoms with van der Waals surface area (Å²) < 4.78 is 15.3. The fourth-order valence-corrected chi connectivity index (χ4v) is 2.35. The van der Waals surface area contributed by atoms with E-state index in [0.29, 0.717) is 16.6 Å². The van der Waals surface area contributed by atoms with Crippen LogP contribution in [0.3, 0.4) is 0 Å². The molecule has 3 nitrogen and oxygen atoms in total. The first-order valence-corrected chi connectivity index (χ1v) is 6.24. The van der Waals surface area contributed by atoms with Gasteiger partial charge in [-0.3, -0.25) is 0 Å². The Kier molecular flexibility index (Phi) is 2.76. The predicted molar refractivity (Wildman–Crippen MR) is 75.6 cm³/mol. The van der Waals surface area contributed by atoms with E-state index >= 15 is 0 Å². The minimum absolute atomic E-state index is 0.231. The second-order valence-corrected chi connectivity index (χ2v) is 4.74. The van der Waals surface area contributed by atoms with Gasteiger partial charge in [0.2, 0.25) is 0 Å². The third-order valence-corrected chi connectivity index (χ3v) is 3.45. The summed E-state index contributed by atoms with van der Waals surface area (Å²) in [6, 6.07) is 12.6. The lowest BCUT2D eigenvalue weighted by Crippen LogP contribution is -1.93. The molecule has 20 heavy (non-hydrogen) atoms. The Morgan fingerprint density at radius 2 is 2.05 bits per heavy atom. The van der Waals surface area contributed by atoms with Crippen LogP contribution in [0.1, 0.15) is 11.1 Å². The quantitative estimate of drug-likeness (QED) is 0.675. The van der Waals surface area contributed by atoms with E-state index in [1.807, 2.05) is 23.7 Å². The average molecular weight is 265 g/mol. The lowest BCUT2D eigenvalue weighted by Gasteiger charge is -2.04. The molecule has 0 unspecified atom stereocenters. The number of para-hydroxylation sites is 1. The lowest BCUT2D eigenvalue weighted by atomic mass is 10.1. The summed E-state index contributed by atoms with van der Waals surface area (Å²) in [5.74, 6) is 0.496. The molecule has 0 amide bonds. The third kappa shape index (κ3) is 1.76. The summed E-state index contributed by atoms with van der Waals surface area (Å²) in [5.41, 5.74) is 3.53. The van der Waals surface area contributed by atoms with Crippen molar-refractivity contribution in [2.45, 2.75) is 6.92 Å². The van der Waals surface area contributed by atoms with Crippen molar-refractivity contribution in [2.24, 2.45) is 7.05 Å². The van der Waals surface area contributed by atoms with E-state index in [1.54, 1.807) is 25.1 Å². The molecule has 1 heterocycles. The molecule has 0 N–H and O–H groups in total. The minimum atomic E-state index is -0.231. The summed E-state index contributed by atoms with van der Waals surface area (Å²) in [6.07, 6.45) is 0. The lowest BCUT2D eigenvalue weighted by molar-refractivity contribution is 0.618. The van der Waals surface area contributed by atoms with Gasteiger partial charge in [0.15, 0.2) is 0 Å². The van der Waals surface area contributed by atoms with E-state index in [1.165, 1.54) is 6.07 Å². The van der Waals surface area contributed by atoms with Crippen LogP contribution >= 0.6 is 0 Å².